The van der Waals surface area contributed by atoms with Crippen LogP contribution < -0.4 is 4.90 Å². The summed E-state index contributed by atoms with van der Waals surface area (Å²) in [4.78, 5) is 15.1. The normalized spacial score (nSPS) is 20.8. The molecule has 2 aliphatic rings. The van der Waals surface area contributed by atoms with E-state index in [2.05, 4.69) is 61.5 Å². The van der Waals surface area contributed by atoms with Gasteiger partial charge in [-0.3, -0.25) is 4.79 Å². The highest BCUT2D eigenvalue weighted by Crippen LogP contribution is 2.51. The molecule has 3 aromatic carbocycles. The molecule has 5 rings (SSSR count). The lowest BCUT2D eigenvalue weighted by molar-refractivity contribution is 0.0988. The number of rotatable bonds is 1. The third-order valence-electron chi connectivity index (χ3n) is 5.56. The number of amides is 1. The van der Waals surface area contributed by atoms with Crippen LogP contribution in [0.5, 0.6) is 0 Å². The maximum Gasteiger partial charge on any atom is 0.259 e. The third-order valence-corrected chi connectivity index (χ3v) is 5.56. The molecule has 2 nitrogen and oxygen atoms in total. The number of anilines is 1. The molecule has 3 aromatic rings. The lowest BCUT2D eigenvalue weighted by Gasteiger charge is -2.37. The van der Waals surface area contributed by atoms with Gasteiger partial charge in [-0.2, -0.15) is 0 Å². The van der Waals surface area contributed by atoms with Gasteiger partial charge in [0, 0.05) is 17.2 Å². The molecule has 2 aliphatic heterocycles. The van der Waals surface area contributed by atoms with Gasteiger partial charge in [0.15, 0.2) is 0 Å². The molecule has 0 saturated heterocycles. The predicted molar refractivity (Wildman–Crippen MR) is 100 cm³/mol. The largest absolute Gasteiger partial charge is 0.301 e. The molecule has 0 radical (unpaired) electrons. The number of carbonyl (C=O) groups excluding carboxylic acids is 1. The van der Waals surface area contributed by atoms with Crippen LogP contribution in [0.1, 0.15) is 51.0 Å². The molecule has 0 saturated carbocycles. The van der Waals surface area contributed by atoms with Crippen molar-refractivity contribution < 1.29 is 4.79 Å². The van der Waals surface area contributed by atoms with Crippen molar-refractivity contribution in [1.82, 2.24) is 0 Å². The summed E-state index contributed by atoms with van der Waals surface area (Å²) < 4.78 is 0. The number of hydrogen-bond donors (Lipinski definition) is 0. The molecule has 0 fully saturated rings. The Balaban J connectivity index is 1.73. The average molecular weight is 325 g/mol. The van der Waals surface area contributed by atoms with Crippen molar-refractivity contribution in [2.75, 3.05) is 4.90 Å². The van der Waals surface area contributed by atoms with Crippen molar-refractivity contribution >= 4 is 11.6 Å². The number of benzene rings is 3. The third kappa shape index (κ3) is 2.07. The molecule has 25 heavy (non-hydrogen) atoms. The molecule has 122 valence electrons. The molecule has 0 unspecified atom stereocenters. The molecular weight excluding hydrogens is 306 g/mol. The Morgan fingerprint density at radius 3 is 2.48 bits per heavy atom. The summed E-state index contributed by atoms with van der Waals surface area (Å²) in [7, 11) is 0. The Kier molecular flexibility index (Phi) is 3.08. The number of nitrogens with zero attached hydrogens (tertiary/aromatic N) is 1. The standard InChI is InChI=1S/C23H19NO/c1-15-11-12-21-20(13-15)19(16-7-3-2-4-8-16)14-22-17-9-5-6-10-18(17)23(25)24(21)22/h2-13,19,22H,14H2,1H3/t19-,22+/m0/s1. The van der Waals surface area contributed by atoms with Gasteiger partial charge in [0.05, 0.1) is 6.04 Å². The molecule has 2 heteroatoms. The number of aryl methyl sites for hydroxylation is 1. The number of hydrogen-bond acceptors (Lipinski definition) is 1. The minimum atomic E-state index is 0.129. The monoisotopic (exact) mass is 325 g/mol. The maximum absolute atomic E-state index is 13.0. The van der Waals surface area contributed by atoms with Crippen LogP contribution in [0.2, 0.25) is 0 Å². The second-order valence-electron chi connectivity index (χ2n) is 7.04. The van der Waals surface area contributed by atoms with E-state index < -0.39 is 0 Å². The Bertz CT molecular complexity index is 976. The van der Waals surface area contributed by atoms with Crippen LogP contribution in [0, 0.1) is 6.92 Å². The fourth-order valence-electron chi connectivity index (χ4n) is 4.43. The van der Waals surface area contributed by atoms with Crippen molar-refractivity contribution in [2.24, 2.45) is 0 Å². The minimum Gasteiger partial charge on any atom is -0.301 e. The highest BCUT2D eigenvalue weighted by atomic mass is 16.2. The first kappa shape index (κ1) is 14.5. The zero-order chi connectivity index (χ0) is 17.0. The topological polar surface area (TPSA) is 20.3 Å². The Morgan fingerprint density at radius 2 is 1.64 bits per heavy atom. The van der Waals surface area contributed by atoms with E-state index in [1.54, 1.807) is 0 Å². The van der Waals surface area contributed by atoms with Crippen molar-refractivity contribution in [2.45, 2.75) is 25.3 Å². The predicted octanol–water partition coefficient (Wildman–Crippen LogP) is 5.23. The SMILES string of the molecule is Cc1ccc2c(c1)[C@H](c1ccccc1)C[C@@H]1c3ccccc3C(=O)N21. The lowest BCUT2D eigenvalue weighted by atomic mass is 9.80. The first-order valence-corrected chi connectivity index (χ1v) is 8.82. The number of carbonyl (C=O) groups is 1. The van der Waals surface area contributed by atoms with E-state index in [1.165, 1.54) is 22.3 Å². The van der Waals surface area contributed by atoms with Gasteiger partial charge in [-0.15, -0.1) is 0 Å². The van der Waals surface area contributed by atoms with E-state index in [1.807, 2.05) is 23.1 Å². The summed E-state index contributed by atoms with van der Waals surface area (Å²) >= 11 is 0. The second kappa shape index (κ2) is 5.32. The van der Waals surface area contributed by atoms with Crippen LogP contribution in [0.4, 0.5) is 5.69 Å². The molecule has 2 heterocycles. The number of fused-ring (bicyclic) bond motifs is 5. The van der Waals surface area contributed by atoms with E-state index in [0.29, 0.717) is 5.92 Å². The van der Waals surface area contributed by atoms with Crippen LogP contribution in [-0.2, 0) is 0 Å². The maximum atomic E-state index is 13.0. The minimum absolute atomic E-state index is 0.129. The molecule has 2 atom stereocenters. The fraction of sp³-hybridized carbons (Fsp3) is 0.174. The molecule has 0 N–H and O–H groups in total. The van der Waals surface area contributed by atoms with Crippen LogP contribution in [-0.4, -0.2) is 5.91 Å². The van der Waals surface area contributed by atoms with Gasteiger partial charge in [-0.05, 0) is 42.2 Å². The first-order valence-electron chi connectivity index (χ1n) is 8.82. The van der Waals surface area contributed by atoms with Gasteiger partial charge in [-0.25, -0.2) is 0 Å². The van der Waals surface area contributed by atoms with Crippen LogP contribution in [0.3, 0.4) is 0 Å². The van der Waals surface area contributed by atoms with Crippen molar-refractivity contribution in [3.63, 3.8) is 0 Å². The molecule has 0 bridgehead atoms. The average Bonchev–Trinajstić information content (AvgIpc) is 2.94. The van der Waals surface area contributed by atoms with Crippen molar-refractivity contribution in [3.05, 3.63) is 101 Å². The summed E-state index contributed by atoms with van der Waals surface area (Å²) in [6.45, 7) is 2.12. The fourth-order valence-corrected chi connectivity index (χ4v) is 4.43. The summed E-state index contributed by atoms with van der Waals surface area (Å²) in [6.07, 6.45) is 0.934. The summed E-state index contributed by atoms with van der Waals surface area (Å²) in [5.41, 5.74) is 6.92. The summed E-state index contributed by atoms with van der Waals surface area (Å²) in [6, 6.07) is 25.3. The second-order valence-corrected chi connectivity index (χ2v) is 7.04. The van der Waals surface area contributed by atoms with E-state index in [-0.39, 0.29) is 11.9 Å². The molecule has 0 aromatic heterocycles. The van der Waals surface area contributed by atoms with Gasteiger partial charge in [0.25, 0.3) is 5.91 Å². The zero-order valence-electron chi connectivity index (χ0n) is 14.1. The van der Waals surface area contributed by atoms with Gasteiger partial charge >= 0.3 is 0 Å². The van der Waals surface area contributed by atoms with Gasteiger partial charge in [0.2, 0.25) is 0 Å². The summed E-state index contributed by atoms with van der Waals surface area (Å²) in [5, 5.41) is 0. The van der Waals surface area contributed by atoms with Gasteiger partial charge < -0.3 is 4.90 Å². The van der Waals surface area contributed by atoms with E-state index >= 15 is 0 Å². The van der Waals surface area contributed by atoms with Crippen molar-refractivity contribution in [3.8, 4) is 0 Å². The van der Waals surface area contributed by atoms with Crippen molar-refractivity contribution in [1.29, 1.82) is 0 Å². The highest BCUT2D eigenvalue weighted by molar-refractivity contribution is 6.11. The Hall–Kier alpha value is -2.87. The van der Waals surface area contributed by atoms with Crippen LogP contribution in [0.15, 0.2) is 72.8 Å². The Morgan fingerprint density at radius 1 is 0.880 bits per heavy atom. The summed E-state index contributed by atoms with van der Waals surface area (Å²) in [5.74, 6) is 0.452. The van der Waals surface area contributed by atoms with E-state index in [9.17, 15) is 4.79 Å². The quantitative estimate of drug-likeness (QED) is 0.600. The van der Waals surface area contributed by atoms with E-state index in [4.69, 9.17) is 0 Å². The van der Waals surface area contributed by atoms with E-state index in [0.717, 1.165) is 17.7 Å². The molecule has 0 aliphatic carbocycles. The van der Waals surface area contributed by atoms with Gasteiger partial charge in [-0.1, -0.05) is 66.2 Å². The molecule has 0 spiro atoms. The lowest BCUT2D eigenvalue weighted by Crippen LogP contribution is -2.34. The first-order chi connectivity index (χ1) is 12.2. The molecular formula is C23H19NO. The molecule has 1 amide bonds. The highest BCUT2D eigenvalue weighted by Gasteiger charge is 2.43. The smallest absolute Gasteiger partial charge is 0.259 e. The zero-order valence-corrected chi connectivity index (χ0v) is 14.1. The van der Waals surface area contributed by atoms with Crippen LogP contribution in [0.25, 0.3) is 0 Å². The Labute approximate surface area is 147 Å². The van der Waals surface area contributed by atoms with Gasteiger partial charge in [0.1, 0.15) is 0 Å². The van der Waals surface area contributed by atoms with Crippen LogP contribution >= 0.6 is 0 Å².